The Hall–Kier alpha value is -1.82. The Morgan fingerprint density at radius 3 is 2.70 bits per heavy atom. The molecule has 0 bridgehead atoms. The van der Waals surface area contributed by atoms with Crippen molar-refractivity contribution >= 4 is 35.3 Å². The van der Waals surface area contributed by atoms with E-state index in [-0.39, 0.29) is 17.2 Å². The number of carbonyl (C=O) groups excluding carboxylic acids is 1. The van der Waals surface area contributed by atoms with E-state index >= 15 is 0 Å². The highest BCUT2D eigenvalue weighted by atomic mass is 35.5. The van der Waals surface area contributed by atoms with Crippen LogP contribution < -0.4 is 5.48 Å². The van der Waals surface area contributed by atoms with Crippen LogP contribution in [0.25, 0.3) is 11.3 Å². The van der Waals surface area contributed by atoms with Gasteiger partial charge in [0.05, 0.1) is 10.6 Å². The van der Waals surface area contributed by atoms with Crippen molar-refractivity contribution in [3.8, 4) is 11.3 Å². The van der Waals surface area contributed by atoms with Crippen molar-refractivity contribution in [2.75, 3.05) is 7.05 Å². The zero-order chi connectivity index (χ0) is 14.7. The molecule has 0 saturated heterocycles. The topological polar surface area (TPSA) is 74.8 Å². The smallest absolute Gasteiger partial charge is 0.189 e. The highest BCUT2D eigenvalue weighted by molar-refractivity contribution is 6.36. The van der Waals surface area contributed by atoms with E-state index in [1.807, 2.05) is 5.48 Å². The molecule has 0 aliphatic rings. The van der Waals surface area contributed by atoms with Crippen LogP contribution in [-0.4, -0.2) is 24.4 Å². The van der Waals surface area contributed by atoms with E-state index in [2.05, 4.69) is 4.99 Å². The monoisotopic (exact) mass is 312 g/mol. The highest BCUT2D eigenvalue weighted by Crippen LogP contribution is 2.32. The van der Waals surface area contributed by atoms with Gasteiger partial charge in [-0.1, -0.05) is 23.2 Å². The molecule has 0 amide bonds. The summed E-state index contributed by atoms with van der Waals surface area (Å²) in [5.41, 5.74) is 2.70. The quantitative estimate of drug-likeness (QED) is 0.394. The van der Waals surface area contributed by atoms with E-state index in [4.69, 9.17) is 32.8 Å². The molecule has 2 aromatic rings. The number of aliphatic imine (C=N–C) groups is 1. The van der Waals surface area contributed by atoms with Crippen LogP contribution in [0, 0.1) is 0 Å². The Kier molecular flexibility index (Phi) is 4.44. The first-order valence-corrected chi connectivity index (χ1v) is 6.28. The molecule has 0 atom stereocenters. The van der Waals surface area contributed by atoms with Crippen LogP contribution in [0.5, 0.6) is 0 Å². The molecule has 2 N–H and O–H groups in total. The molecule has 0 radical (unpaired) electrons. The number of hydrogen-bond donors (Lipinski definition) is 2. The maximum absolute atomic E-state index is 11.1. The summed E-state index contributed by atoms with van der Waals surface area (Å²) in [6.07, 6.45) is 0.606. The van der Waals surface area contributed by atoms with Gasteiger partial charge in [0, 0.05) is 17.6 Å². The van der Waals surface area contributed by atoms with Gasteiger partial charge in [0.1, 0.15) is 5.76 Å². The lowest BCUT2D eigenvalue weighted by Gasteiger charge is -2.02. The summed E-state index contributed by atoms with van der Waals surface area (Å²) < 4.78 is 5.54. The standard InChI is InChI=1S/C13H10Cl2N2O3/c1-16-13(17-19)12-7(6-18)4-11(20-12)9-3-2-8(14)5-10(9)15/h2-6,19H,1H3,(H,16,17). The second kappa shape index (κ2) is 6.09. The van der Waals surface area contributed by atoms with Gasteiger partial charge >= 0.3 is 0 Å². The minimum atomic E-state index is 0.0448. The normalized spacial score (nSPS) is 11.5. The van der Waals surface area contributed by atoms with Gasteiger partial charge in [-0.2, -0.15) is 0 Å². The van der Waals surface area contributed by atoms with Crippen molar-refractivity contribution in [3.05, 3.63) is 45.6 Å². The number of amidine groups is 1. The van der Waals surface area contributed by atoms with Gasteiger partial charge in [0.2, 0.25) is 0 Å². The summed E-state index contributed by atoms with van der Waals surface area (Å²) in [6, 6.07) is 6.42. The van der Waals surface area contributed by atoms with Gasteiger partial charge in [-0.15, -0.1) is 0 Å². The third-order valence-corrected chi connectivity index (χ3v) is 3.18. The van der Waals surface area contributed by atoms with E-state index in [9.17, 15) is 4.79 Å². The molecule has 1 heterocycles. The molecule has 0 aliphatic heterocycles. The van der Waals surface area contributed by atoms with E-state index in [1.165, 1.54) is 13.1 Å². The lowest BCUT2D eigenvalue weighted by atomic mass is 10.1. The molecule has 7 heteroatoms. The van der Waals surface area contributed by atoms with Crippen molar-refractivity contribution in [2.45, 2.75) is 0 Å². The second-order valence-corrected chi connectivity index (χ2v) is 4.66. The number of nitrogens with zero attached hydrogens (tertiary/aromatic N) is 1. The molecule has 0 saturated carbocycles. The third kappa shape index (κ3) is 2.70. The Labute approximate surface area is 124 Å². The second-order valence-electron chi connectivity index (χ2n) is 3.82. The summed E-state index contributed by atoms with van der Waals surface area (Å²) in [7, 11) is 1.45. The maximum atomic E-state index is 11.1. The largest absolute Gasteiger partial charge is 0.452 e. The minimum Gasteiger partial charge on any atom is -0.452 e. The van der Waals surface area contributed by atoms with Gasteiger partial charge in [-0.25, -0.2) is 5.48 Å². The fraction of sp³-hybridized carbons (Fsp3) is 0.0769. The van der Waals surface area contributed by atoms with E-state index in [0.29, 0.717) is 27.7 Å². The van der Waals surface area contributed by atoms with Crippen LogP contribution in [0.2, 0.25) is 10.0 Å². The molecule has 1 aromatic carbocycles. The van der Waals surface area contributed by atoms with Crippen molar-refractivity contribution in [1.29, 1.82) is 0 Å². The molecule has 5 nitrogen and oxygen atoms in total. The minimum absolute atomic E-state index is 0.0448. The molecule has 0 spiro atoms. The number of hydrogen-bond acceptors (Lipinski definition) is 4. The third-order valence-electron chi connectivity index (χ3n) is 2.63. The number of rotatable bonds is 3. The SMILES string of the molecule is CN=C(NO)c1oc(-c2ccc(Cl)cc2Cl)cc1C=O. The summed E-state index contributed by atoms with van der Waals surface area (Å²) in [4.78, 5) is 14.8. The van der Waals surface area contributed by atoms with Gasteiger partial charge in [-0.3, -0.25) is 15.0 Å². The summed E-state index contributed by atoms with van der Waals surface area (Å²) in [5, 5.41) is 9.86. The van der Waals surface area contributed by atoms with Crippen LogP contribution in [0.4, 0.5) is 0 Å². The Balaban J connectivity index is 2.57. The van der Waals surface area contributed by atoms with Crippen molar-refractivity contribution < 1.29 is 14.4 Å². The summed E-state index contributed by atoms with van der Waals surface area (Å²) in [6.45, 7) is 0. The molecule has 2 rings (SSSR count). The number of aldehydes is 1. The number of carbonyl (C=O) groups is 1. The summed E-state index contributed by atoms with van der Waals surface area (Å²) in [5.74, 6) is 0.551. The van der Waals surface area contributed by atoms with Crippen LogP contribution in [0.1, 0.15) is 16.1 Å². The number of benzene rings is 1. The first-order valence-electron chi connectivity index (χ1n) is 5.52. The van der Waals surface area contributed by atoms with Gasteiger partial charge in [0.25, 0.3) is 0 Å². The maximum Gasteiger partial charge on any atom is 0.189 e. The lowest BCUT2D eigenvalue weighted by Crippen LogP contribution is -2.20. The number of nitrogens with one attached hydrogen (secondary N) is 1. The zero-order valence-electron chi connectivity index (χ0n) is 10.4. The fourth-order valence-electron chi connectivity index (χ4n) is 1.70. The molecular weight excluding hydrogens is 303 g/mol. The van der Waals surface area contributed by atoms with E-state index < -0.39 is 0 Å². The number of halogens is 2. The first-order chi connectivity index (χ1) is 9.60. The van der Waals surface area contributed by atoms with Crippen LogP contribution in [-0.2, 0) is 0 Å². The molecule has 0 fully saturated rings. The van der Waals surface area contributed by atoms with Crippen molar-refractivity contribution in [1.82, 2.24) is 5.48 Å². The molecule has 1 aromatic heterocycles. The summed E-state index contributed by atoms with van der Waals surface area (Å²) >= 11 is 11.9. The molecular formula is C13H10Cl2N2O3. The average molecular weight is 313 g/mol. The van der Waals surface area contributed by atoms with E-state index in [1.54, 1.807) is 18.2 Å². The number of hydroxylamine groups is 1. The Bertz CT molecular complexity index is 680. The molecule has 104 valence electrons. The average Bonchev–Trinajstić information content (AvgIpc) is 2.84. The molecule has 0 aliphatic carbocycles. The number of furan rings is 1. The van der Waals surface area contributed by atoms with Gasteiger partial charge in [0.15, 0.2) is 17.9 Å². The highest BCUT2D eigenvalue weighted by Gasteiger charge is 2.18. The van der Waals surface area contributed by atoms with Gasteiger partial charge in [-0.05, 0) is 24.3 Å². The van der Waals surface area contributed by atoms with Crippen molar-refractivity contribution in [3.63, 3.8) is 0 Å². The lowest BCUT2D eigenvalue weighted by molar-refractivity contribution is 0.112. The molecule has 20 heavy (non-hydrogen) atoms. The van der Waals surface area contributed by atoms with Crippen molar-refractivity contribution in [2.24, 2.45) is 4.99 Å². The predicted octanol–water partition coefficient (Wildman–Crippen LogP) is 3.42. The molecule has 0 unspecified atom stereocenters. The Morgan fingerprint density at radius 2 is 2.15 bits per heavy atom. The fourth-order valence-corrected chi connectivity index (χ4v) is 2.20. The zero-order valence-corrected chi connectivity index (χ0v) is 11.9. The van der Waals surface area contributed by atoms with Crippen LogP contribution >= 0.6 is 23.2 Å². The van der Waals surface area contributed by atoms with Crippen LogP contribution in [0.3, 0.4) is 0 Å². The Morgan fingerprint density at radius 1 is 1.40 bits per heavy atom. The predicted molar refractivity (Wildman–Crippen MR) is 76.9 cm³/mol. The van der Waals surface area contributed by atoms with E-state index in [0.717, 1.165) is 0 Å². The first kappa shape index (κ1) is 14.6. The van der Waals surface area contributed by atoms with Crippen LogP contribution in [0.15, 0.2) is 33.7 Å². The van der Waals surface area contributed by atoms with Gasteiger partial charge < -0.3 is 4.42 Å².